The van der Waals surface area contributed by atoms with E-state index in [-0.39, 0.29) is 11.6 Å². The summed E-state index contributed by atoms with van der Waals surface area (Å²) >= 11 is 0. The standard InChI is InChI=1S/C29H34N6O3/c1-30-28(36)24-17-22(10-12-31-24)38-27-18-23-25(19-26(27)37-3)34(2)29(33-23)32-21-9-7-8-20(16-21)11-15-35-13-5-4-6-14-35/h7-10,12,16-19H,4-6,11,13-15H2,1-3H3,(H,30,36)(H,32,33). The van der Waals surface area contributed by atoms with Gasteiger partial charge in [-0.1, -0.05) is 18.6 Å². The number of amides is 1. The van der Waals surface area contributed by atoms with Crippen molar-refractivity contribution in [2.24, 2.45) is 7.05 Å². The van der Waals surface area contributed by atoms with E-state index in [9.17, 15) is 4.79 Å². The van der Waals surface area contributed by atoms with E-state index in [1.807, 2.05) is 23.7 Å². The lowest BCUT2D eigenvalue weighted by molar-refractivity contribution is 0.0958. The number of benzene rings is 2. The van der Waals surface area contributed by atoms with Gasteiger partial charge in [-0.25, -0.2) is 4.98 Å². The number of imidazole rings is 1. The molecule has 1 fully saturated rings. The third-order valence-corrected chi connectivity index (χ3v) is 6.93. The van der Waals surface area contributed by atoms with Gasteiger partial charge in [0.1, 0.15) is 11.4 Å². The highest BCUT2D eigenvalue weighted by atomic mass is 16.5. The fourth-order valence-electron chi connectivity index (χ4n) is 4.81. The van der Waals surface area contributed by atoms with Crippen LogP contribution in [0.3, 0.4) is 0 Å². The topological polar surface area (TPSA) is 93.5 Å². The van der Waals surface area contributed by atoms with Crippen LogP contribution >= 0.6 is 0 Å². The fourth-order valence-corrected chi connectivity index (χ4v) is 4.81. The number of rotatable bonds is 9. The first-order valence-corrected chi connectivity index (χ1v) is 13.0. The van der Waals surface area contributed by atoms with E-state index in [1.54, 1.807) is 26.3 Å². The van der Waals surface area contributed by atoms with Crippen LogP contribution < -0.4 is 20.1 Å². The van der Waals surface area contributed by atoms with Crippen LogP contribution in [-0.4, -0.2) is 59.1 Å². The number of aryl methyl sites for hydroxylation is 1. The largest absolute Gasteiger partial charge is 0.493 e. The van der Waals surface area contributed by atoms with Crippen LogP contribution in [0.1, 0.15) is 35.3 Å². The molecule has 1 amide bonds. The van der Waals surface area contributed by atoms with Gasteiger partial charge in [-0.15, -0.1) is 0 Å². The number of carbonyl (C=O) groups excluding carboxylic acids is 1. The summed E-state index contributed by atoms with van der Waals surface area (Å²) in [5.41, 5.74) is 4.24. The number of pyridine rings is 1. The van der Waals surface area contributed by atoms with Crippen molar-refractivity contribution in [1.82, 2.24) is 24.8 Å². The van der Waals surface area contributed by atoms with Crippen molar-refractivity contribution in [3.63, 3.8) is 0 Å². The number of carbonyl (C=O) groups is 1. The van der Waals surface area contributed by atoms with Crippen LogP contribution in [0.2, 0.25) is 0 Å². The van der Waals surface area contributed by atoms with E-state index in [0.717, 1.165) is 35.6 Å². The average molecular weight is 515 g/mol. The normalized spacial score (nSPS) is 13.9. The summed E-state index contributed by atoms with van der Waals surface area (Å²) in [5, 5.41) is 6.05. The number of likely N-dealkylation sites (tertiary alicyclic amines) is 1. The van der Waals surface area contributed by atoms with Crippen LogP contribution in [0.15, 0.2) is 54.7 Å². The van der Waals surface area contributed by atoms with Gasteiger partial charge in [-0.05, 0) is 56.1 Å². The summed E-state index contributed by atoms with van der Waals surface area (Å²) < 4.78 is 13.7. The highest BCUT2D eigenvalue weighted by molar-refractivity contribution is 5.92. The van der Waals surface area contributed by atoms with E-state index in [0.29, 0.717) is 17.2 Å². The molecule has 2 aromatic carbocycles. The number of aromatic nitrogens is 3. The Hall–Kier alpha value is -4.11. The number of methoxy groups -OCH3 is 1. The van der Waals surface area contributed by atoms with Crippen LogP contribution in [0.5, 0.6) is 17.2 Å². The number of anilines is 2. The van der Waals surface area contributed by atoms with E-state index >= 15 is 0 Å². The molecule has 1 aliphatic heterocycles. The Labute approximate surface area is 222 Å². The monoisotopic (exact) mass is 514 g/mol. The molecule has 0 atom stereocenters. The Morgan fingerprint density at radius 1 is 1.05 bits per heavy atom. The highest BCUT2D eigenvalue weighted by Crippen LogP contribution is 2.36. The second-order valence-corrected chi connectivity index (χ2v) is 9.52. The molecule has 0 spiro atoms. The zero-order valence-electron chi connectivity index (χ0n) is 22.2. The molecule has 4 aromatic rings. The lowest BCUT2D eigenvalue weighted by Crippen LogP contribution is -2.31. The van der Waals surface area contributed by atoms with Crippen molar-refractivity contribution in [3.05, 3.63) is 66.0 Å². The molecule has 1 aliphatic rings. The van der Waals surface area contributed by atoms with E-state index < -0.39 is 0 Å². The van der Waals surface area contributed by atoms with Gasteiger partial charge in [-0.3, -0.25) is 9.78 Å². The lowest BCUT2D eigenvalue weighted by Gasteiger charge is -2.26. The number of nitrogens with one attached hydrogen (secondary N) is 2. The minimum atomic E-state index is -0.283. The van der Waals surface area contributed by atoms with E-state index in [1.165, 1.54) is 44.1 Å². The summed E-state index contributed by atoms with van der Waals surface area (Å²) in [6.45, 7) is 3.52. The molecule has 2 aromatic heterocycles. The number of ether oxygens (including phenoxy) is 2. The SMILES string of the molecule is CNC(=O)c1cc(Oc2cc3nc(Nc4cccc(CCN5CCCCC5)c4)n(C)c3cc2OC)ccn1. The Bertz CT molecular complexity index is 1430. The number of nitrogens with zero attached hydrogens (tertiary/aromatic N) is 4. The molecule has 0 bridgehead atoms. The first-order chi connectivity index (χ1) is 18.5. The molecule has 0 aliphatic carbocycles. The molecule has 0 radical (unpaired) electrons. The van der Waals surface area contributed by atoms with E-state index in [4.69, 9.17) is 14.5 Å². The molecule has 3 heterocycles. The molecule has 0 unspecified atom stereocenters. The van der Waals surface area contributed by atoms with Gasteiger partial charge >= 0.3 is 0 Å². The maximum absolute atomic E-state index is 12.0. The predicted octanol–water partition coefficient (Wildman–Crippen LogP) is 4.90. The molecule has 0 saturated carbocycles. The van der Waals surface area contributed by atoms with Crippen molar-refractivity contribution >= 4 is 28.6 Å². The van der Waals surface area contributed by atoms with Crippen LogP contribution in [0.4, 0.5) is 11.6 Å². The van der Waals surface area contributed by atoms with Crippen molar-refractivity contribution in [1.29, 1.82) is 0 Å². The third-order valence-electron chi connectivity index (χ3n) is 6.93. The van der Waals surface area contributed by atoms with Gasteiger partial charge in [0.2, 0.25) is 5.95 Å². The van der Waals surface area contributed by atoms with Crippen molar-refractivity contribution in [2.75, 3.05) is 39.1 Å². The summed E-state index contributed by atoms with van der Waals surface area (Å²) in [5.74, 6) is 1.97. The smallest absolute Gasteiger partial charge is 0.269 e. The average Bonchev–Trinajstić information content (AvgIpc) is 3.25. The molecular weight excluding hydrogens is 480 g/mol. The van der Waals surface area contributed by atoms with Gasteiger partial charge in [0.15, 0.2) is 11.5 Å². The molecule has 2 N–H and O–H groups in total. The Kier molecular flexibility index (Phi) is 7.74. The van der Waals surface area contributed by atoms with Crippen molar-refractivity contribution in [3.8, 4) is 17.2 Å². The second kappa shape index (κ2) is 11.5. The molecule has 5 rings (SSSR count). The Balaban J connectivity index is 1.35. The molecule has 9 heteroatoms. The number of hydrogen-bond donors (Lipinski definition) is 2. The van der Waals surface area contributed by atoms with Crippen molar-refractivity contribution < 1.29 is 14.3 Å². The molecule has 9 nitrogen and oxygen atoms in total. The molecule has 38 heavy (non-hydrogen) atoms. The Morgan fingerprint density at radius 3 is 2.68 bits per heavy atom. The zero-order chi connectivity index (χ0) is 26.5. The molecular formula is C29H34N6O3. The van der Waals surface area contributed by atoms with Gasteiger partial charge in [0, 0.05) is 50.7 Å². The minimum Gasteiger partial charge on any atom is -0.493 e. The fraction of sp³-hybridized carbons (Fsp3) is 0.345. The molecule has 198 valence electrons. The summed E-state index contributed by atoms with van der Waals surface area (Å²) in [4.78, 5) is 23.4. The lowest BCUT2D eigenvalue weighted by atomic mass is 10.1. The second-order valence-electron chi connectivity index (χ2n) is 9.52. The summed E-state index contributed by atoms with van der Waals surface area (Å²) in [6, 6.07) is 15.6. The zero-order valence-corrected chi connectivity index (χ0v) is 22.2. The van der Waals surface area contributed by atoms with E-state index in [2.05, 4.69) is 44.8 Å². The Morgan fingerprint density at radius 2 is 1.89 bits per heavy atom. The van der Waals surface area contributed by atoms with Gasteiger partial charge in [0.05, 0.1) is 18.1 Å². The number of hydrogen-bond acceptors (Lipinski definition) is 7. The molecule has 1 saturated heterocycles. The number of piperidine rings is 1. The number of fused-ring (bicyclic) bond motifs is 1. The first-order valence-electron chi connectivity index (χ1n) is 13.0. The maximum Gasteiger partial charge on any atom is 0.269 e. The predicted molar refractivity (Wildman–Crippen MR) is 149 cm³/mol. The van der Waals surface area contributed by atoms with Crippen molar-refractivity contribution in [2.45, 2.75) is 25.7 Å². The summed E-state index contributed by atoms with van der Waals surface area (Å²) in [7, 11) is 5.13. The van der Waals surface area contributed by atoms with Gasteiger partial charge in [0.25, 0.3) is 5.91 Å². The maximum atomic E-state index is 12.0. The van der Waals surface area contributed by atoms with Gasteiger partial charge in [-0.2, -0.15) is 0 Å². The quantitative estimate of drug-likeness (QED) is 0.328. The first kappa shape index (κ1) is 25.5. The summed E-state index contributed by atoms with van der Waals surface area (Å²) in [6.07, 6.45) is 6.55. The van der Waals surface area contributed by atoms with Gasteiger partial charge < -0.3 is 29.6 Å². The highest BCUT2D eigenvalue weighted by Gasteiger charge is 2.16. The van der Waals surface area contributed by atoms with Crippen LogP contribution in [0.25, 0.3) is 11.0 Å². The minimum absolute atomic E-state index is 0.271. The van der Waals surface area contributed by atoms with Crippen LogP contribution in [0, 0.1) is 0 Å². The van der Waals surface area contributed by atoms with Crippen LogP contribution in [-0.2, 0) is 13.5 Å². The third kappa shape index (κ3) is 5.73.